The Bertz CT molecular complexity index is 1130. The van der Waals surface area contributed by atoms with E-state index in [0.29, 0.717) is 11.5 Å². The fraction of sp³-hybridized carbons (Fsp3) is 0.333. The Balaban J connectivity index is 2.07. The summed E-state index contributed by atoms with van der Waals surface area (Å²) in [4.78, 5) is 25.4. The van der Waals surface area contributed by atoms with Gasteiger partial charge in [0.15, 0.2) is 9.84 Å². The molecule has 3 rings (SSSR count). The van der Waals surface area contributed by atoms with E-state index in [1.54, 1.807) is 19.1 Å². The standard InChI is InChI=1S/C24H28N2O5S/c1-5-31-23(27)21-20(14-32(29,30)19-12-6-16(4)7-13-19)25-24(28)26-22(21)18-10-8-17(9-11-18)15(2)3/h6-13,15,22H,5,14H2,1-4H3,(H2,25,26,28)/t22-/m1/s1. The summed E-state index contributed by atoms with van der Waals surface area (Å²) in [6, 6.07) is 12.5. The molecule has 1 atom stereocenters. The molecule has 2 N–H and O–H groups in total. The second-order valence-corrected chi connectivity index (χ2v) is 10.0. The van der Waals surface area contributed by atoms with E-state index in [1.165, 1.54) is 12.1 Å². The van der Waals surface area contributed by atoms with Crippen molar-refractivity contribution < 1.29 is 22.7 Å². The second-order valence-electron chi connectivity index (χ2n) is 8.04. The first kappa shape index (κ1) is 23.5. The van der Waals surface area contributed by atoms with Crippen molar-refractivity contribution in [3.8, 4) is 0 Å². The zero-order valence-corrected chi connectivity index (χ0v) is 19.5. The van der Waals surface area contributed by atoms with Crippen LogP contribution in [0.3, 0.4) is 0 Å². The predicted octanol–water partition coefficient (Wildman–Crippen LogP) is 3.76. The van der Waals surface area contributed by atoms with Crippen molar-refractivity contribution in [1.29, 1.82) is 0 Å². The lowest BCUT2D eigenvalue weighted by atomic mass is 9.93. The number of carbonyl (C=O) groups excluding carboxylic acids is 2. The smallest absolute Gasteiger partial charge is 0.338 e. The van der Waals surface area contributed by atoms with Crippen LogP contribution in [0.2, 0.25) is 0 Å². The van der Waals surface area contributed by atoms with Gasteiger partial charge in [0.25, 0.3) is 0 Å². The van der Waals surface area contributed by atoms with Crippen LogP contribution in [0.4, 0.5) is 4.79 Å². The normalized spacial score (nSPS) is 16.5. The molecule has 0 aliphatic carbocycles. The molecule has 0 fully saturated rings. The van der Waals surface area contributed by atoms with Crippen LogP contribution in [-0.2, 0) is 19.4 Å². The number of hydrogen-bond acceptors (Lipinski definition) is 5. The van der Waals surface area contributed by atoms with Gasteiger partial charge in [-0.05, 0) is 43.0 Å². The summed E-state index contributed by atoms with van der Waals surface area (Å²) in [5, 5.41) is 5.25. The van der Waals surface area contributed by atoms with Gasteiger partial charge >= 0.3 is 12.0 Å². The molecule has 0 saturated heterocycles. The molecular weight excluding hydrogens is 428 g/mol. The minimum Gasteiger partial charge on any atom is -0.463 e. The molecule has 0 spiro atoms. The van der Waals surface area contributed by atoms with E-state index in [1.807, 2.05) is 31.2 Å². The second kappa shape index (κ2) is 9.56. The van der Waals surface area contributed by atoms with Crippen molar-refractivity contribution in [2.45, 2.75) is 44.6 Å². The number of hydrogen-bond donors (Lipinski definition) is 2. The molecule has 1 aliphatic heterocycles. The van der Waals surface area contributed by atoms with Gasteiger partial charge < -0.3 is 15.4 Å². The molecule has 2 aromatic rings. The average Bonchev–Trinajstić information content (AvgIpc) is 2.73. The summed E-state index contributed by atoms with van der Waals surface area (Å²) >= 11 is 0. The van der Waals surface area contributed by atoms with Crippen molar-refractivity contribution in [2.75, 3.05) is 12.4 Å². The van der Waals surface area contributed by atoms with Crippen LogP contribution in [0.1, 0.15) is 49.4 Å². The van der Waals surface area contributed by atoms with Crippen LogP contribution in [-0.4, -0.2) is 32.8 Å². The monoisotopic (exact) mass is 456 g/mol. The van der Waals surface area contributed by atoms with Gasteiger partial charge in [0, 0.05) is 5.70 Å². The topological polar surface area (TPSA) is 102 Å². The van der Waals surface area contributed by atoms with Crippen molar-refractivity contribution in [2.24, 2.45) is 0 Å². The summed E-state index contributed by atoms with van der Waals surface area (Å²) < 4.78 is 31.3. The maximum absolute atomic E-state index is 13.0. The Labute approximate surface area is 188 Å². The number of nitrogens with one attached hydrogen (secondary N) is 2. The SMILES string of the molecule is CCOC(=O)C1=C(CS(=O)(=O)c2ccc(C)cc2)NC(=O)N[C@@H]1c1ccc(C(C)C)cc1. The number of rotatable bonds is 7. The molecule has 0 unspecified atom stereocenters. The number of sulfone groups is 1. The van der Waals surface area contributed by atoms with Crippen molar-refractivity contribution in [3.63, 3.8) is 0 Å². The molecule has 1 aliphatic rings. The van der Waals surface area contributed by atoms with Gasteiger partial charge in [-0.25, -0.2) is 18.0 Å². The highest BCUT2D eigenvalue weighted by molar-refractivity contribution is 7.91. The number of amides is 2. The quantitative estimate of drug-likeness (QED) is 0.618. The molecule has 0 bridgehead atoms. The zero-order chi connectivity index (χ0) is 23.5. The molecule has 8 heteroatoms. The molecule has 7 nitrogen and oxygen atoms in total. The molecule has 170 valence electrons. The molecule has 32 heavy (non-hydrogen) atoms. The summed E-state index contributed by atoms with van der Waals surface area (Å²) in [5.41, 5.74) is 2.80. The van der Waals surface area contributed by atoms with Crippen LogP contribution in [0.5, 0.6) is 0 Å². The molecule has 0 aromatic heterocycles. The summed E-state index contributed by atoms with van der Waals surface area (Å²) in [5.74, 6) is -0.882. The fourth-order valence-corrected chi connectivity index (χ4v) is 4.85. The molecule has 2 amide bonds. The minimum absolute atomic E-state index is 0.0192. The van der Waals surface area contributed by atoms with E-state index in [0.717, 1.165) is 11.1 Å². The number of carbonyl (C=O) groups is 2. The van der Waals surface area contributed by atoms with E-state index in [4.69, 9.17) is 4.74 Å². The number of benzene rings is 2. The third-order valence-corrected chi connectivity index (χ3v) is 6.96. The Morgan fingerprint density at radius 1 is 1.06 bits per heavy atom. The third-order valence-electron chi connectivity index (χ3n) is 5.30. The van der Waals surface area contributed by atoms with E-state index in [-0.39, 0.29) is 22.8 Å². The number of ether oxygens (including phenoxy) is 1. The summed E-state index contributed by atoms with van der Waals surface area (Å²) in [6.07, 6.45) is 0. The molecule has 0 saturated carbocycles. The lowest BCUT2D eigenvalue weighted by molar-refractivity contribution is -0.139. The Morgan fingerprint density at radius 3 is 2.25 bits per heavy atom. The third kappa shape index (κ3) is 5.19. The number of urea groups is 1. The first-order valence-electron chi connectivity index (χ1n) is 10.5. The molecule has 1 heterocycles. The minimum atomic E-state index is -3.81. The number of aryl methyl sites for hydroxylation is 1. The highest BCUT2D eigenvalue weighted by Crippen LogP contribution is 2.30. The van der Waals surface area contributed by atoms with Gasteiger partial charge in [-0.2, -0.15) is 0 Å². The van der Waals surface area contributed by atoms with E-state index < -0.39 is 33.6 Å². The van der Waals surface area contributed by atoms with E-state index in [9.17, 15) is 18.0 Å². The first-order chi connectivity index (χ1) is 15.1. The maximum atomic E-state index is 13.0. The van der Waals surface area contributed by atoms with Crippen LogP contribution < -0.4 is 10.6 Å². The van der Waals surface area contributed by atoms with Gasteiger partial charge in [0.1, 0.15) is 0 Å². The lowest BCUT2D eigenvalue weighted by Gasteiger charge is -2.29. The van der Waals surface area contributed by atoms with Crippen LogP contribution in [0.25, 0.3) is 0 Å². The van der Waals surface area contributed by atoms with Crippen LogP contribution >= 0.6 is 0 Å². The Kier molecular flexibility index (Phi) is 7.03. The lowest BCUT2D eigenvalue weighted by Crippen LogP contribution is -2.47. The van der Waals surface area contributed by atoms with Crippen LogP contribution in [0.15, 0.2) is 64.7 Å². The molecule has 2 aromatic carbocycles. The van der Waals surface area contributed by atoms with E-state index in [2.05, 4.69) is 24.5 Å². The maximum Gasteiger partial charge on any atom is 0.338 e. The Hall–Kier alpha value is -3.13. The van der Waals surface area contributed by atoms with Gasteiger partial charge in [0.2, 0.25) is 0 Å². The van der Waals surface area contributed by atoms with Crippen LogP contribution in [0, 0.1) is 6.92 Å². The van der Waals surface area contributed by atoms with Gasteiger partial charge in [0.05, 0.1) is 28.9 Å². The molecular formula is C24H28N2O5S. The highest BCUT2D eigenvalue weighted by Gasteiger charge is 2.35. The average molecular weight is 457 g/mol. The first-order valence-corrected chi connectivity index (χ1v) is 12.1. The zero-order valence-electron chi connectivity index (χ0n) is 18.6. The van der Waals surface area contributed by atoms with Gasteiger partial charge in [-0.1, -0.05) is 55.8 Å². The van der Waals surface area contributed by atoms with Crippen molar-refractivity contribution >= 4 is 21.8 Å². The van der Waals surface area contributed by atoms with Gasteiger partial charge in [-0.3, -0.25) is 0 Å². The van der Waals surface area contributed by atoms with Crippen molar-refractivity contribution in [3.05, 3.63) is 76.5 Å². The largest absolute Gasteiger partial charge is 0.463 e. The van der Waals surface area contributed by atoms with E-state index >= 15 is 0 Å². The molecule has 0 radical (unpaired) electrons. The predicted molar refractivity (Wildman–Crippen MR) is 122 cm³/mol. The van der Waals surface area contributed by atoms with Crippen molar-refractivity contribution in [1.82, 2.24) is 10.6 Å². The number of esters is 1. The highest BCUT2D eigenvalue weighted by atomic mass is 32.2. The summed E-state index contributed by atoms with van der Waals surface area (Å²) in [7, 11) is -3.81. The van der Waals surface area contributed by atoms with Gasteiger partial charge in [-0.15, -0.1) is 0 Å². The fourth-order valence-electron chi connectivity index (χ4n) is 3.52. The Morgan fingerprint density at radius 2 is 1.69 bits per heavy atom. The summed E-state index contributed by atoms with van der Waals surface area (Å²) in [6.45, 7) is 7.79.